The number of ether oxygens (including phenoxy) is 2. The van der Waals surface area contributed by atoms with Crippen molar-refractivity contribution in [1.29, 1.82) is 0 Å². The molecule has 0 amide bonds. The molecule has 1 fully saturated rings. The highest BCUT2D eigenvalue weighted by Crippen LogP contribution is 2.30. The number of benzene rings is 1. The van der Waals surface area contributed by atoms with Crippen molar-refractivity contribution in [3.8, 4) is 5.75 Å². The van der Waals surface area contributed by atoms with Crippen LogP contribution in [0, 0.1) is 0 Å². The van der Waals surface area contributed by atoms with E-state index >= 15 is 0 Å². The molecule has 5 nitrogen and oxygen atoms in total. The third-order valence-corrected chi connectivity index (χ3v) is 3.20. The van der Waals surface area contributed by atoms with E-state index in [0.717, 1.165) is 11.3 Å². The third kappa shape index (κ3) is 3.05. The maximum absolute atomic E-state index is 11.0. The second-order valence-electron chi connectivity index (χ2n) is 4.52. The third-order valence-electron chi connectivity index (χ3n) is 3.20. The van der Waals surface area contributed by atoms with Crippen LogP contribution in [-0.4, -0.2) is 36.4 Å². The van der Waals surface area contributed by atoms with Crippen LogP contribution in [0.25, 0.3) is 0 Å². The first-order valence-electron chi connectivity index (χ1n) is 6.46. The Labute approximate surface area is 112 Å². The highest BCUT2D eigenvalue weighted by Gasteiger charge is 2.34. The quantitative estimate of drug-likeness (QED) is 0.865. The summed E-state index contributed by atoms with van der Waals surface area (Å²) in [6, 6.07) is 7.03. The van der Waals surface area contributed by atoms with Crippen LogP contribution < -0.4 is 10.1 Å². The van der Waals surface area contributed by atoms with Crippen LogP contribution >= 0.6 is 0 Å². The number of aliphatic carboxylic acids is 1. The number of carbonyl (C=O) groups is 1. The summed E-state index contributed by atoms with van der Waals surface area (Å²) in [5.74, 6) is -0.0955. The largest absolute Gasteiger partial charge is 0.493 e. The normalized spacial score (nSPS) is 26.9. The Morgan fingerprint density at radius 2 is 2.26 bits per heavy atom. The zero-order valence-electron chi connectivity index (χ0n) is 11.1. The minimum atomic E-state index is -0.885. The van der Waals surface area contributed by atoms with Crippen molar-refractivity contribution in [2.45, 2.75) is 32.1 Å². The fourth-order valence-corrected chi connectivity index (χ4v) is 2.29. The highest BCUT2D eigenvalue weighted by molar-refractivity contribution is 5.74. The van der Waals surface area contributed by atoms with Gasteiger partial charge in [0, 0.05) is 12.1 Å². The van der Waals surface area contributed by atoms with E-state index in [0.29, 0.717) is 13.2 Å². The summed E-state index contributed by atoms with van der Waals surface area (Å²) in [4.78, 5) is 11.0. The van der Waals surface area contributed by atoms with E-state index < -0.39 is 12.0 Å². The Kier molecular flexibility index (Phi) is 4.39. The molecule has 1 heterocycles. The molecule has 0 aromatic heterocycles. The van der Waals surface area contributed by atoms with Crippen LogP contribution in [0.5, 0.6) is 5.75 Å². The van der Waals surface area contributed by atoms with Gasteiger partial charge < -0.3 is 14.6 Å². The summed E-state index contributed by atoms with van der Waals surface area (Å²) in [5.41, 5.74) is 0.951. The molecule has 0 bridgehead atoms. The molecule has 19 heavy (non-hydrogen) atoms. The molecule has 3 atom stereocenters. The number of para-hydroxylation sites is 1. The Morgan fingerprint density at radius 1 is 1.53 bits per heavy atom. The second kappa shape index (κ2) is 6.04. The van der Waals surface area contributed by atoms with Crippen LogP contribution in [0.15, 0.2) is 24.3 Å². The first-order chi connectivity index (χ1) is 9.13. The van der Waals surface area contributed by atoms with E-state index in [4.69, 9.17) is 14.6 Å². The summed E-state index contributed by atoms with van der Waals surface area (Å²) in [5, 5.41) is 12.0. The van der Waals surface area contributed by atoms with Crippen LogP contribution in [-0.2, 0) is 9.53 Å². The fraction of sp³-hybridized carbons (Fsp3) is 0.500. The molecule has 3 unspecified atom stereocenters. The molecule has 5 heteroatoms. The van der Waals surface area contributed by atoms with Gasteiger partial charge in [0.1, 0.15) is 11.8 Å². The topological polar surface area (TPSA) is 67.8 Å². The van der Waals surface area contributed by atoms with Gasteiger partial charge in [-0.1, -0.05) is 18.2 Å². The van der Waals surface area contributed by atoms with E-state index in [-0.39, 0.29) is 12.2 Å². The molecular weight excluding hydrogens is 246 g/mol. The van der Waals surface area contributed by atoms with Crippen LogP contribution in [0.1, 0.15) is 25.5 Å². The van der Waals surface area contributed by atoms with Gasteiger partial charge >= 0.3 is 5.97 Å². The van der Waals surface area contributed by atoms with Gasteiger partial charge in [0.15, 0.2) is 0 Å². The van der Waals surface area contributed by atoms with Crippen LogP contribution in [0.3, 0.4) is 0 Å². The molecular formula is C14H19NO4. The first-order valence-corrected chi connectivity index (χ1v) is 6.46. The Morgan fingerprint density at radius 3 is 2.89 bits per heavy atom. The van der Waals surface area contributed by atoms with E-state index in [1.807, 2.05) is 31.2 Å². The number of rotatable bonds is 4. The van der Waals surface area contributed by atoms with Crippen molar-refractivity contribution in [1.82, 2.24) is 5.32 Å². The zero-order chi connectivity index (χ0) is 13.8. The van der Waals surface area contributed by atoms with Crippen LogP contribution in [0.2, 0.25) is 0 Å². The molecule has 2 N–H and O–H groups in total. The first kappa shape index (κ1) is 13.8. The van der Waals surface area contributed by atoms with Crippen molar-refractivity contribution >= 4 is 5.97 Å². The predicted octanol–water partition coefficient (Wildman–Crippen LogP) is 1.59. The number of hydrogen-bond donors (Lipinski definition) is 2. The molecule has 0 radical (unpaired) electrons. The maximum Gasteiger partial charge on any atom is 0.323 e. The van der Waals surface area contributed by atoms with E-state index in [1.54, 1.807) is 6.92 Å². The molecule has 0 spiro atoms. The lowest BCUT2D eigenvalue weighted by atomic mass is 10.0. The maximum atomic E-state index is 11.0. The summed E-state index contributed by atoms with van der Waals surface area (Å²) < 4.78 is 11.4. The summed E-state index contributed by atoms with van der Waals surface area (Å²) in [7, 11) is 0. The fourth-order valence-electron chi connectivity index (χ4n) is 2.29. The smallest absolute Gasteiger partial charge is 0.323 e. The van der Waals surface area contributed by atoms with Crippen molar-refractivity contribution in [2.75, 3.05) is 13.2 Å². The zero-order valence-corrected chi connectivity index (χ0v) is 11.1. The van der Waals surface area contributed by atoms with Gasteiger partial charge in [0.05, 0.1) is 18.8 Å². The highest BCUT2D eigenvalue weighted by atomic mass is 16.5. The summed E-state index contributed by atoms with van der Waals surface area (Å²) >= 11 is 0. The number of hydrogen-bond acceptors (Lipinski definition) is 4. The lowest BCUT2D eigenvalue weighted by Gasteiger charge is -2.34. The monoisotopic (exact) mass is 265 g/mol. The minimum absolute atomic E-state index is 0.187. The van der Waals surface area contributed by atoms with Gasteiger partial charge in [0.25, 0.3) is 0 Å². The molecule has 0 aliphatic carbocycles. The summed E-state index contributed by atoms with van der Waals surface area (Å²) in [6.07, 6.45) is -0.570. The molecule has 1 aromatic rings. The van der Waals surface area contributed by atoms with Gasteiger partial charge in [0.2, 0.25) is 0 Å². The lowest BCUT2D eigenvalue weighted by molar-refractivity contribution is -0.149. The average molecular weight is 265 g/mol. The van der Waals surface area contributed by atoms with E-state index in [9.17, 15) is 4.79 Å². The Balaban J connectivity index is 2.14. The van der Waals surface area contributed by atoms with Crippen molar-refractivity contribution in [3.05, 3.63) is 29.8 Å². The molecule has 1 aromatic carbocycles. The summed E-state index contributed by atoms with van der Waals surface area (Å²) in [6.45, 7) is 4.75. The molecule has 104 valence electrons. The Bertz CT molecular complexity index is 449. The molecule has 2 rings (SSSR count). The number of carboxylic acid groups (broad SMARTS) is 1. The van der Waals surface area contributed by atoms with Crippen LogP contribution in [0.4, 0.5) is 0 Å². The lowest BCUT2D eigenvalue weighted by Crippen LogP contribution is -2.52. The second-order valence-corrected chi connectivity index (χ2v) is 4.52. The van der Waals surface area contributed by atoms with Gasteiger partial charge in [-0.15, -0.1) is 0 Å². The SMILES string of the molecule is CCOc1ccccc1C1CNC(C(=O)O)C(C)O1. The number of nitrogens with one attached hydrogen (secondary N) is 1. The van der Waals surface area contributed by atoms with Crippen molar-refractivity contribution in [3.63, 3.8) is 0 Å². The van der Waals surface area contributed by atoms with Crippen molar-refractivity contribution in [2.24, 2.45) is 0 Å². The molecule has 1 aliphatic heterocycles. The van der Waals surface area contributed by atoms with E-state index in [1.165, 1.54) is 0 Å². The van der Waals surface area contributed by atoms with Gasteiger partial charge in [-0.25, -0.2) is 0 Å². The van der Waals surface area contributed by atoms with Gasteiger partial charge in [-0.3, -0.25) is 10.1 Å². The predicted molar refractivity (Wildman–Crippen MR) is 70.3 cm³/mol. The molecule has 1 aliphatic rings. The molecule has 0 saturated carbocycles. The van der Waals surface area contributed by atoms with Crippen molar-refractivity contribution < 1.29 is 19.4 Å². The number of morpholine rings is 1. The van der Waals surface area contributed by atoms with Gasteiger partial charge in [-0.2, -0.15) is 0 Å². The van der Waals surface area contributed by atoms with E-state index in [2.05, 4.69) is 5.32 Å². The molecule has 1 saturated heterocycles. The average Bonchev–Trinajstić information content (AvgIpc) is 2.39. The number of carboxylic acids is 1. The minimum Gasteiger partial charge on any atom is -0.493 e. The van der Waals surface area contributed by atoms with Gasteiger partial charge in [-0.05, 0) is 19.9 Å². The standard InChI is InChI=1S/C14H19NO4/c1-3-18-11-7-5-4-6-10(11)12-8-15-13(14(16)17)9(2)19-12/h4-7,9,12-13,15H,3,8H2,1-2H3,(H,16,17). The Hall–Kier alpha value is -1.59.